The van der Waals surface area contributed by atoms with Gasteiger partial charge in [0.2, 0.25) is 0 Å². The lowest BCUT2D eigenvalue weighted by atomic mass is 10.1. The zero-order valence-corrected chi connectivity index (χ0v) is 9.57. The molecule has 0 aliphatic carbocycles. The minimum Gasteiger partial charge on any atom is -0.444 e. The van der Waals surface area contributed by atoms with Crippen LogP contribution in [0.5, 0.6) is 0 Å². The maximum Gasteiger partial charge on any atom is 0.332 e. The zero-order chi connectivity index (χ0) is 13.5. The molecule has 0 fully saturated rings. The number of para-hydroxylation sites is 1. The molecule has 0 amide bonds. The van der Waals surface area contributed by atoms with Crippen molar-refractivity contribution in [1.29, 1.82) is 5.26 Å². The second-order valence-electron chi connectivity index (χ2n) is 3.36. The molecule has 6 nitrogen and oxygen atoms in total. The number of benzene rings is 1. The van der Waals surface area contributed by atoms with Crippen molar-refractivity contribution in [3.05, 3.63) is 46.0 Å². The lowest BCUT2D eigenvalue weighted by molar-refractivity contribution is -0.385. The van der Waals surface area contributed by atoms with Crippen molar-refractivity contribution < 1.29 is 14.5 Å². The van der Waals surface area contributed by atoms with E-state index in [9.17, 15) is 14.9 Å². The number of ether oxygens (including phenoxy) is 1. The third kappa shape index (κ3) is 3.72. The number of nitriles is 1. The second kappa shape index (κ2) is 6.15. The average Bonchev–Trinajstić information content (AvgIpc) is 2.36. The Morgan fingerprint density at radius 2 is 2.22 bits per heavy atom. The largest absolute Gasteiger partial charge is 0.444 e. The fourth-order valence-corrected chi connectivity index (χ4v) is 1.19. The molecule has 0 bridgehead atoms. The normalized spacial score (nSPS) is 11.8. The molecule has 18 heavy (non-hydrogen) atoms. The Bertz CT molecular complexity index is 531. The summed E-state index contributed by atoms with van der Waals surface area (Å²) in [5.74, 6) is -0.720. The van der Waals surface area contributed by atoms with Gasteiger partial charge in [0.15, 0.2) is 6.10 Å². The number of hydrogen-bond donors (Lipinski definition) is 0. The standard InChI is InChI=1S/C12H10N2O4/c1-9(8-13)18-12(15)7-6-10-4-2-3-5-11(10)14(16)17/h2-7,9H,1H3/b7-6+/t9-/m0/s1. The van der Waals surface area contributed by atoms with E-state index in [0.717, 1.165) is 6.08 Å². The highest BCUT2D eigenvalue weighted by atomic mass is 16.6. The first-order valence-corrected chi connectivity index (χ1v) is 5.06. The molecule has 0 saturated heterocycles. The minimum atomic E-state index is -0.854. The van der Waals surface area contributed by atoms with E-state index in [1.165, 1.54) is 31.2 Å². The lowest BCUT2D eigenvalue weighted by Gasteiger charge is -2.01. The monoisotopic (exact) mass is 246 g/mol. The number of esters is 1. The molecule has 6 heteroatoms. The van der Waals surface area contributed by atoms with Crippen LogP contribution >= 0.6 is 0 Å². The van der Waals surface area contributed by atoms with Crippen molar-refractivity contribution >= 4 is 17.7 Å². The van der Waals surface area contributed by atoms with Crippen LogP contribution in [0.3, 0.4) is 0 Å². The summed E-state index contributed by atoms with van der Waals surface area (Å²) in [5, 5.41) is 19.1. The molecule has 1 atom stereocenters. The van der Waals surface area contributed by atoms with Gasteiger partial charge in [-0.3, -0.25) is 10.1 Å². The van der Waals surface area contributed by atoms with Crippen molar-refractivity contribution in [1.82, 2.24) is 0 Å². The summed E-state index contributed by atoms with van der Waals surface area (Å²) in [6.07, 6.45) is 1.48. The van der Waals surface area contributed by atoms with Crippen molar-refractivity contribution in [2.45, 2.75) is 13.0 Å². The van der Waals surface area contributed by atoms with Crippen molar-refractivity contribution in [2.24, 2.45) is 0 Å². The predicted molar refractivity (Wildman–Crippen MR) is 63.3 cm³/mol. The molecule has 0 N–H and O–H groups in total. The van der Waals surface area contributed by atoms with E-state index < -0.39 is 17.0 Å². The van der Waals surface area contributed by atoms with Crippen LogP contribution in [0, 0.1) is 21.4 Å². The van der Waals surface area contributed by atoms with Gasteiger partial charge in [-0.1, -0.05) is 12.1 Å². The van der Waals surface area contributed by atoms with E-state index in [-0.39, 0.29) is 5.69 Å². The molecule has 0 aliphatic rings. The molecule has 0 spiro atoms. The summed E-state index contributed by atoms with van der Waals surface area (Å²) in [7, 11) is 0. The quantitative estimate of drug-likeness (QED) is 0.351. The first-order valence-electron chi connectivity index (χ1n) is 5.06. The lowest BCUT2D eigenvalue weighted by Crippen LogP contribution is -2.10. The Morgan fingerprint density at radius 1 is 1.56 bits per heavy atom. The highest BCUT2D eigenvalue weighted by Gasteiger charge is 2.10. The van der Waals surface area contributed by atoms with E-state index in [2.05, 4.69) is 4.74 Å². The molecule has 0 aromatic heterocycles. The molecule has 0 saturated carbocycles. The Hall–Kier alpha value is -2.68. The van der Waals surface area contributed by atoms with Crippen LogP contribution in [0.25, 0.3) is 6.08 Å². The van der Waals surface area contributed by atoms with Gasteiger partial charge < -0.3 is 4.74 Å². The maximum absolute atomic E-state index is 11.2. The molecule has 0 aliphatic heterocycles. The van der Waals surface area contributed by atoms with Gasteiger partial charge in [-0.15, -0.1) is 0 Å². The highest BCUT2D eigenvalue weighted by Crippen LogP contribution is 2.18. The molecule has 1 aromatic rings. The number of rotatable bonds is 4. The van der Waals surface area contributed by atoms with Gasteiger partial charge in [0.25, 0.3) is 5.69 Å². The topological polar surface area (TPSA) is 93.2 Å². The summed E-state index contributed by atoms with van der Waals surface area (Å²) in [5.41, 5.74) is 0.193. The summed E-state index contributed by atoms with van der Waals surface area (Å²) in [6.45, 7) is 1.43. The summed E-state index contributed by atoms with van der Waals surface area (Å²) in [4.78, 5) is 21.4. The molecular formula is C12H10N2O4. The molecule has 0 radical (unpaired) electrons. The van der Waals surface area contributed by atoms with Crippen LogP contribution < -0.4 is 0 Å². The fraction of sp³-hybridized carbons (Fsp3) is 0.167. The Balaban J connectivity index is 2.82. The molecular weight excluding hydrogens is 236 g/mol. The van der Waals surface area contributed by atoms with E-state index in [4.69, 9.17) is 5.26 Å². The van der Waals surface area contributed by atoms with Crippen molar-refractivity contribution in [3.63, 3.8) is 0 Å². The smallest absolute Gasteiger partial charge is 0.332 e. The van der Waals surface area contributed by atoms with Gasteiger partial charge in [0.05, 0.1) is 10.5 Å². The molecule has 1 aromatic carbocycles. The first kappa shape index (κ1) is 13.4. The SMILES string of the molecule is C[C@@H](C#N)OC(=O)/C=C/c1ccccc1[N+](=O)[O-]. The number of nitrogens with zero attached hydrogens (tertiary/aromatic N) is 2. The van der Waals surface area contributed by atoms with Crippen molar-refractivity contribution in [3.8, 4) is 6.07 Å². The van der Waals surface area contributed by atoms with Crippen LogP contribution in [0.1, 0.15) is 12.5 Å². The van der Waals surface area contributed by atoms with E-state index in [0.29, 0.717) is 5.56 Å². The van der Waals surface area contributed by atoms with Crippen LogP contribution in [-0.2, 0) is 9.53 Å². The summed E-state index contributed by atoms with van der Waals surface area (Å²) < 4.78 is 4.66. The van der Waals surface area contributed by atoms with Gasteiger partial charge in [0.1, 0.15) is 6.07 Å². The number of nitro groups is 1. The van der Waals surface area contributed by atoms with E-state index in [1.807, 2.05) is 0 Å². The van der Waals surface area contributed by atoms with Gasteiger partial charge in [-0.25, -0.2) is 4.79 Å². The zero-order valence-electron chi connectivity index (χ0n) is 9.57. The van der Waals surface area contributed by atoms with Crippen LogP contribution in [-0.4, -0.2) is 17.0 Å². The summed E-state index contributed by atoms with van der Waals surface area (Å²) >= 11 is 0. The minimum absolute atomic E-state index is 0.102. The molecule has 92 valence electrons. The number of hydrogen-bond acceptors (Lipinski definition) is 5. The number of nitro benzene ring substituents is 1. The van der Waals surface area contributed by atoms with E-state index in [1.54, 1.807) is 12.1 Å². The number of carbonyl (C=O) groups excluding carboxylic acids is 1. The van der Waals surface area contributed by atoms with E-state index >= 15 is 0 Å². The molecule has 0 heterocycles. The first-order chi connectivity index (χ1) is 8.54. The average molecular weight is 246 g/mol. The Kier molecular flexibility index (Phi) is 4.58. The van der Waals surface area contributed by atoms with Gasteiger partial charge in [-0.2, -0.15) is 5.26 Å². The highest BCUT2D eigenvalue weighted by molar-refractivity contribution is 5.88. The van der Waals surface area contributed by atoms with Gasteiger partial charge >= 0.3 is 5.97 Å². The maximum atomic E-state index is 11.2. The van der Waals surface area contributed by atoms with Gasteiger partial charge in [0, 0.05) is 12.1 Å². The number of carbonyl (C=O) groups is 1. The van der Waals surface area contributed by atoms with Crippen LogP contribution in [0.2, 0.25) is 0 Å². The molecule has 0 unspecified atom stereocenters. The fourth-order valence-electron chi connectivity index (χ4n) is 1.19. The van der Waals surface area contributed by atoms with Crippen molar-refractivity contribution in [2.75, 3.05) is 0 Å². The van der Waals surface area contributed by atoms with Crippen LogP contribution in [0.15, 0.2) is 30.3 Å². The van der Waals surface area contributed by atoms with Crippen LogP contribution in [0.4, 0.5) is 5.69 Å². The Morgan fingerprint density at radius 3 is 2.83 bits per heavy atom. The van der Waals surface area contributed by atoms with Gasteiger partial charge in [-0.05, 0) is 19.1 Å². The third-order valence-electron chi connectivity index (χ3n) is 2.01. The predicted octanol–water partition coefficient (Wildman–Crippen LogP) is 2.06. The second-order valence-corrected chi connectivity index (χ2v) is 3.36. The molecule has 1 rings (SSSR count). The third-order valence-corrected chi connectivity index (χ3v) is 2.01. The summed E-state index contributed by atoms with van der Waals surface area (Å²) in [6, 6.07) is 7.74. The Labute approximate surface area is 103 Å².